The second-order valence-electron chi connectivity index (χ2n) is 6.26. The van der Waals surface area contributed by atoms with Crippen LogP contribution in [0.1, 0.15) is 45.1 Å². The van der Waals surface area contributed by atoms with E-state index >= 15 is 0 Å². The normalized spacial score (nSPS) is 16.6. The molecule has 0 atom stereocenters. The summed E-state index contributed by atoms with van der Waals surface area (Å²) >= 11 is 0. The number of hydrogen-bond acceptors (Lipinski definition) is 3. The van der Waals surface area contributed by atoms with Crippen molar-refractivity contribution in [2.45, 2.75) is 46.1 Å². The Morgan fingerprint density at radius 3 is 2.61 bits per heavy atom. The Morgan fingerprint density at radius 2 is 2.09 bits per heavy atom. The molecule has 0 spiro atoms. The van der Waals surface area contributed by atoms with E-state index in [-0.39, 0.29) is 5.75 Å². The van der Waals surface area contributed by atoms with Gasteiger partial charge in [-0.25, -0.2) is 4.99 Å². The molecule has 2 rings (SSSR count). The minimum Gasteiger partial charge on any atom is -0.504 e. The van der Waals surface area contributed by atoms with Gasteiger partial charge in [0.05, 0.1) is 13.7 Å². The van der Waals surface area contributed by atoms with Crippen LogP contribution in [0.2, 0.25) is 0 Å². The maximum absolute atomic E-state index is 9.84. The predicted molar refractivity (Wildman–Crippen MR) is 94.1 cm³/mol. The molecule has 0 aliphatic heterocycles. The predicted octanol–water partition coefficient (Wildman–Crippen LogP) is 3.04. The molecule has 0 unspecified atom stereocenters. The van der Waals surface area contributed by atoms with Gasteiger partial charge in [0.15, 0.2) is 17.5 Å². The smallest absolute Gasteiger partial charge is 0.191 e. The molecule has 1 saturated carbocycles. The molecule has 0 aromatic heterocycles. The lowest BCUT2D eigenvalue weighted by molar-refractivity contribution is 0.131. The number of methoxy groups -OCH3 is 1. The van der Waals surface area contributed by atoms with Gasteiger partial charge in [-0.2, -0.15) is 0 Å². The highest BCUT2D eigenvalue weighted by Gasteiger charge is 2.34. The summed E-state index contributed by atoms with van der Waals surface area (Å²) < 4.78 is 5.06. The second-order valence-corrected chi connectivity index (χ2v) is 6.26. The Balaban J connectivity index is 1.96. The van der Waals surface area contributed by atoms with E-state index in [4.69, 9.17) is 4.74 Å². The number of guanidine groups is 1. The van der Waals surface area contributed by atoms with Crippen molar-refractivity contribution in [1.29, 1.82) is 0 Å². The lowest BCUT2D eigenvalue weighted by atomic mass is 9.67. The summed E-state index contributed by atoms with van der Waals surface area (Å²) in [5.41, 5.74) is 1.41. The number of rotatable bonds is 7. The molecule has 0 radical (unpaired) electrons. The summed E-state index contributed by atoms with van der Waals surface area (Å²) in [5, 5.41) is 16.6. The monoisotopic (exact) mass is 319 g/mol. The molecular weight excluding hydrogens is 290 g/mol. The zero-order valence-corrected chi connectivity index (χ0v) is 14.5. The van der Waals surface area contributed by atoms with Gasteiger partial charge in [0, 0.05) is 13.1 Å². The van der Waals surface area contributed by atoms with Crippen LogP contribution in [0.3, 0.4) is 0 Å². The quantitative estimate of drug-likeness (QED) is 0.534. The zero-order chi connectivity index (χ0) is 16.7. The van der Waals surface area contributed by atoms with Crippen molar-refractivity contribution in [2.75, 3.05) is 20.2 Å². The van der Waals surface area contributed by atoms with E-state index in [9.17, 15) is 5.11 Å². The van der Waals surface area contributed by atoms with Gasteiger partial charge < -0.3 is 20.5 Å². The van der Waals surface area contributed by atoms with E-state index in [1.165, 1.54) is 25.7 Å². The van der Waals surface area contributed by atoms with Gasteiger partial charge in [-0.1, -0.05) is 19.4 Å². The maximum Gasteiger partial charge on any atom is 0.191 e. The van der Waals surface area contributed by atoms with Crippen molar-refractivity contribution in [2.24, 2.45) is 10.4 Å². The third-order valence-corrected chi connectivity index (χ3v) is 4.80. The highest BCUT2D eigenvalue weighted by molar-refractivity contribution is 5.79. The molecular formula is C18H29N3O2. The minimum absolute atomic E-state index is 0.151. The van der Waals surface area contributed by atoms with Crippen molar-refractivity contribution in [1.82, 2.24) is 10.6 Å². The summed E-state index contributed by atoms with van der Waals surface area (Å²) in [4.78, 5) is 4.62. The Morgan fingerprint density at radius 1 is 1.30 bits per heavy atom. The summed E-state index contributed by atoms with van der Waals surface area (Å²) in [5.74, 6) is 1.47. The van der Waals surface area contributed by atoms with Gasteiger partial charge in [-0.05, 0) is 49.3 Å². The van der Waals surface area contributed by atoms with E-state index in [0.717, 1.165) is 24.6 Å². The maximum atomic E-state index is 9.84. The van der Waals surface area contributed by atoms with E-state index in [1.54, 1.807) is 19.2 Å². The van der Waals surface area contributed by atoms with Crippen molar-refractivity contribution < 1.29 is 9.84 Å². The summed E-state index contributed by atoms with van der Waals surface area (Å²) in [7, 11) is 1.55. The fourth-order valence-corrected chi connectivity index (χ4v) is 2.95. The lowest BCUT2D eigenvalue weighted by Gasteiger charge is -2.41. The average molecular weight is 319 g/mol. The van der Waals surface area contributed by atoms with Crippen LogP contribution in [-0.4, -0.2) is 31.3 Å². The number of phenols is 1. The van der Waals surface area contributed by atoms with Crippen LogP contribution in [0.4, 0.5) is 0 Å². The standard InChI is InChI=1S/C18H29N3O2/c1-4-18(9-6-10-18)13-21-17(19-5-2)20-12-14-7-8-16(23-3)15(22)11-14/h7-8,11,22H,4-6,9-10,12-13H2,1-3H3,(H2,19,20,21). The number of nitrogens with one attached hydrogen (secondary N) is 2. The van der Waals surface area contributed by atoms with Gasteiger partial charge in [-0.3, -0.25) is 0 Å². The molecule has 0 heterocycles. The minimum atomic E-state index is 0.151. The topological polar surface area (TPSA) is 65.9 Å². The van der Waals surface area contributed by atoms with E-state index < -0.39 is 0 Å². The molecule has 5 nitrogen and oxygen atoms in total. The van der Waals surface area contributed by atoms with Gasteiger partial charge in [0.25, 0.3) is 0 Å². The fraction of sp³-hybridized carbons (Fsp3) is 0.611. The first-order valence-corrected chi connectivity index (χ1v) is 8.50. The summed E-state index contributed by atoms with van der Waals surface area (Å²) in [6.45, 7) is 6.66. The van der Waals surface area contributed by atoms with Crippen LogP contribution in [0, 0.1) is 5.41 Å². The lowest BCUT2D eigenvalue weighted by Crippen LogP contribution is -2.46. The Kier molecular flexibility index (Phi) is 6.13. The number of benzene rings is 1. The van der Waals surface area contributed by atoms with Crippen LogP contribution in [0.15, 0.2) is 23.2 Å². The molecule has 3 N–H and O–H groups in total. The van der Waals surface area contributed by atoms with Gasteiger partial charge in [0.1, 0.15) is 0 Å². The molecule has 1 aliphatic rings. The van der Waals surface area contributed by atoms with Gasteiger partial charge in [-0.15, -0.1) is 0 Å². The van der Waals surface area contributed by atoms with E-state index in [2.05, 4.69) is 29.5 Å². The van der Waals surface area contributed by atoms with E-state index in [0.29, 0.717) is 17.7 Å². The first-order valence-electron chi connectivity index (χ1n) is 8.50. The third kappa shape index (κ3) is 4.53. The number of ether oxygens (including phenoxy) is 1. The Hall–Kier alpha value is -1.91. The fourth-order valence-electron chi connectivity index (χ4n) is 2.95. The second kappa shape index (κ2) is 8.09. The first kappa shape index (κ1) is 17.4. The van der Waals surface area contributed by atoms with Crippen LogP contribution in [-0.2, 0) is 6.54 Å². The van der Waals surface area contributed by atoms with Crippen molar-refractivity contribution >= 4 is 5.96 Å². The molecule has 1 aromatic rings. The number of hydrogen-bond donors (Lipinski definition) is 3. The molecule has 1 aromatic carbocycles. The molecule has 0 amide bonds. The Labute approximate surface area is 139 Å². The number of aliphatic imine (C=N–C) groups is 1. The molecule has 23 heavy (non-hydrogen) atoms. The molecule has 1 fully saturated rings. The highest BCUT2D eigenvalue weighted by atomic mass is 16.5. The number of phenolic OH excluding ortho intramolecular Hbond substituents is 1. The first-order chi connectivity index (χ1) is 11.1. The molecule has 0 bridgehead atoms. The number of aromatic hydroxyl groups is 1. The largest absolute Gasteiger partial charge is 0.504 e. The summed E-state index contributed by atoms with van der Waals surface area (Å²) in [6, 6.07) is 5.39. The van der Waals surface area contributed by atoms with Crippen molar-refractivity contribution in [3.8, 4) is 11.5 Å². The van der Waals surface area contributed by atoms with Crippen LogP contribution in [0.5, 0.6) is 11.5 Å². The van der Waals surface area contributed by atoms with Crippen molar-refractivity contribution in [3.05, 3.63) is 23.8 Å². The third-order valence-electron chi connectivity index (χ3n) is 4.80. The highest BCUT2D eigenvalue weighted by Crippen LogP contribution is 2.42. The molecule has 0 saturated heterocycles. The molecule has 5 heteroatoms. The van der Waals surface area contributed by atoms with Gasteiger partial charge in [0.2, 0.25) is 0 Å². The average Bonchev–Trinajstić information content (AvgIpc) is 2.52. The van der Waals surface area contributed by atoms with Crippen molar-refractivity contribution in [3.63, 3.8) is 0 Å². The van der Waals surface area contributed by atoms with Crippen LogP contribution in [0.25, 0.3) is 0 Å². The molecule has 128 valence electrons. The van der Waals surface area contributed by atoms with Crippen LogP contribution >= 0.6 is 0 Å². The van der Waals surface area contributed by atoms with Gasteiger partial charge >= 0.3 is 0 Å². The zero-order valence-electron chi connectivity index (χ0n) is 14.5. The Bertz CT molecular complexity index is 534. The SMILES string of the molecule is CCNC(=NCc1ccc(OC)c(O)c1)NCC1(CC)CCC1. The summed E-state index contributed by atoms with van der Waals surface area (Å²) in [6.07, 6.45) is 5.17. The van der Waals surface area contributed by atoms with Crippen LogP contribution < -0.4 is 15.4 Å². The molecule has 1 aliphatic carbocycles. The van der Waals surface area contributed by atoms with E-state index in [1.807, 2.05) is 6.07 Å². The number of nitrogens with zero attached hydrogens (tertiary/aromatic N) is 1.